The van der Waals surface area contributed by atoms with Gasteiger partial charge in [0.2, 0.25) is 5.88 Å². The van der Waals surface area contributed by atoms with Gasteiger partial charge in [0.1, 0.15) is 0 Å². The van der Waals surface area contributed by atoms with Gasteiger partial charge in [0.15, 0.2) is 17.4 Å². The molecule has 1 aliphatic rings. The maximum Gasteiger partial charge on any atom is 0.257 e. The molecule has 2 aromatic heterocycles. The molecule has 8 heteroatoms. The molecule has 1 aromatic carbocycles. The van der Waals surface area contributed by atoms with Crippen LogP contribution in [0.25, 0.3) is 0 Å². The van der Waals surface area contributed by atoms with Crippen LogP contribution in [-0.2, 0) is 7.05 Å². The van der Waals surface area contributed by atoms with Gasteiger partial charge in [-0.25, -0.2) is 9.37 Å². The number of para-hydroxylation sites is 1. The van der Waals surface area contributed by atoms with Crippen molar-refractivity contribution in [2.45, 2.75) is 32.7 Å². The fraction of sp³-hybridized carbons (Fsp3) is 0.333. The SMILES string of the molecule is Cc1cc(Oc2ccccc2F)nc([C@@H]2CCCN2C(=O)c2cnn(C)c2C)n1. The topological polar surface area (TPSA) is 73.1 Å². The first-order chi connectivity index (χ1) is 13.9. The third-order valence-corrected chi connectivity index (χ3v) is 5.18. The third kappa shape index (κ3) is 3.70. The van der Waals surface area contributed by atoms with E-state index in [1.54, 1.807) is 40.0 Å². The predicted molar refractivity (Wildman–Crippen MR) is 104 cm³/mol. The van der Waals surface area contributed by atoms with Crippen LogP contribution < -0.4 is 4.74 Å². The van der Waals surface area contributed by atoms with Crippen molar-refractivity contribution >= 4 is 5.91 Å². The molecule has 1 amide bonds. The van der Waals surface area contributed by atoms with Crippen molar-refractivity contribution in [3.05, 3.63) is 65.1 Å². The number of benzene rings is 1. The molecule has 29 heavy (non-hydrogen) atoms. The molecule has 0 spiro atoms. The molecule has 0 N–H and O–H groups in total. The van der Waals surface area contributed by atoms with Gasteiger partial charge in [-0.1, -0.05) is 12.1 Å². The molecular formula is C21H22FN5O2. The zero-order valence-electron chi connectivity index (χ0n) is 16.6. The first-order valence-corrected chi connectivity index (χ1v) is 9.51. The normalized spacial score (nSPS) is 16.3. The maximum absolute atomic E-state index is 13.9. The van der Waals surface area contributed by atoms with Gasteiger partial charge in [0.05, 0.1) is 17.8 Å². The Bertz CT molecular complexity index is 1060. The Balaban J connectivity index is 1.63. The van der Waals surface area contributed by atoms with Gasteiger partial charge in [-0.2, -0.15) is 10.1 Å². The van der Waals surface area contributed by atoms with E-state index in [9.17, 15) is 9.18 Å². The number of rotatable bonds is 4. The van der Waals surface area contributed by atoms with Gasteiger partial charge in [0, 0.05) is 31.0 Å². The summed E-state index contributed by atoms with van der Waals surface area (Å²) in [7, 11) is 1.81. The van der Waals surface area contributed by atoms with Crippen LogP contribution in [0.1, 0.15) is 46.5 Å². The van der Waals surface area contributed by atoms with E-state index in [1.165, 1.54) is 6.07 Å². The number of halogens is 1. The largest absolute Gasteiger partial charge is 0.436 e. The molecule has 3 aromatic rings. The van der Waals surface area contributed by atoms with E-state index in [-0.39, 0.29) is 23.6 Å². The van der Waals surface area contributed by atoms with E-state index >= 15 is 0 Å². The fourth-order valence-corrected chi connectivity index (χ4v) is 3.54. The van der Waals surface area contributed by atoms with Gasteiger partial charge >= 0.3 is 0 Å². The summed E-state index contributed by atoms with van der Waals surface area (Å²) in [4.78, 5) is 23.9. The number of likely N-dealkylation sites (tertiary alicyclic amines) is 1. The minimum Gasteiger partial charge on any atom is -0.436 e. The van der Waals surface area contributed by atoms with Gasteiger partial charge in [-0.3, -0.25) is 9.48 Å². The van der Waals surface area contributed by atoms with E-state index in [0.29, 0.717) is 23.6 Å². The highest BCUT2D eigenvalue weighted by Gasteiger charge is 2.34. The molecule has 0 aliphatic carbocycles. The molecule has 0 unspecified atom stereocenters. The van der Waals surface area contributed by atoms with E-state index in [1.807, 2.05) is 20.9 Å². The lowest BCUT2D eigenvalue weighted by Gasteiger charge is -2.24. The first kappa shape index (κ1) is 19.0. The minimum absolute atomic E-state index is 0.0835. The second-order valence-corrected chi connectivity index (χ2v) is 7.16. The van der Waals surface area contributed by atoms with E-state index in [2.05, 4.69) is 15.1 Å². The van der Waals surface area contributed by atoms with Crippen LogP contribution in [0.5, 0.6) is 11.6 Å². The molecule has 1 atom stereocenters. The number of carbonyl (C=O) groups is 1. The van der Waals surface area contributed by atoms with Crippen LogP contribution in [0.2, 0.25) is 0 Å². The van der Waals surface area contributed by atoms with Crippen molar-refractivity contribution < 1.29 is 13.9 Å². The van der Waals surface area contributed by atoms with Crippen LogP contribution in [0.4, 0.5) is 4.39 Å². The summed E-state index contributed by atoms with van der Waals surface area (Å²) in [5, 5.41) is 4.17. The average molecular weight is 395 g/mol. The highest BCUT2D eigenvalue weighted by molar-refractivity contribution is 5.95. The number of aromatic nitrogens is 4. The van der Waals surface area contributed by atoms with Gasteiger partial charge < -0.3 is 9.64 Å². The highest BCUT2D eigenvalue weighted by atomic mass is 19.1. The number of amides is 1. The van der Waals surface area contributed by atoms with Crippen molar-refractivity contribution in [3.8, 4) is 11.6 Å². The summed E-state index contributed by atoms with van der Waals surface area (Å²) in [5.74, 6) is 0.315. The Morgan fingerprint density at radius 2 is 2.03 bits per heavy atom. The lowest BCUT2D eigenvalue weighted by molar-refractivity contribution is 0.0728. The molecule has 0 bridgehead atoms. The Labute approximate surface area is 168 Å². The predicted octanol–water partition coefficient (Wildman–Crippen LogP) is 3.74. The molecule has 0 radical (unpaired) electrons. The minimum atomic E-state index is -0.463. The van der Waals surface area contributed by atoms with E-state index in [4.69, 9.17) is 4.74 Å². The summed E-state index contributed by atoms with van der Waals surface area (Å²) < 4.78 is 21.3. The standard InChI is InChI=1S/C21H22FN5O2/c1-13-11-19(29-18-9-5-4-7-16(18)22)25-20(24-13)17-8-6-10-27(17)21(28)15-12-23-26(3)14(15)2/h4-5,7,9,11-12,17H,6,8,10H2,1-3H3/t17-/m0/s1. The molecule has 1 aliphatic heterocycles. The maximum atomic E-state index is 13.9. The number of hydrogen-bond acceptors (Lipinski definition) is 5. The Morgan fingerprint density at radius 1 is 1.24 bits per heavy atom. The van der Waals surface area contributed by atoms with Crippen molar-refractivity contribution in [2.75, 3.05) is 6.54 Å². The van der Waals surface area contributed by atoms with Crippen LogP contribution in [0.15, 0.2) is 36.5 Å². The molecule has 1 fully saturated rings. The number of ether oxygens (including phenoxy) is 1. The molecule has 150 valence electrons. The summed E-state index contributed by atoms with van der Waals surface area (Å²) in [5.41, 5.74) is 2.09. The van der Waals surface area contributed by atoms with Crippen molar-refractivity contribution in [3.63, 3.8) is 0 Å². The number of aryl methyl sites for hydroxylation is 2. The second kappa shape index (κ2) is 7.62. The van der Waals surface area contributed by atoms with Gasteiger partial charge in [-0.05, 0) is 38.8 Å². The van der Waals surface area contributed by atoms with Gasteiger partial charge in [-0.15, -0.1) is 0 Å². The molecule has 0 saturated carbocycles. The number of nitrogens with zero attached hydrogens (tertiary/aromatic N) is 5. The fourth-order valence-electron chi connectivity index (χ4n) is 3.54. The average Bonchev–Trinajstić information content (AvgIpc) is 3.30. The first-order valence-electron chi connectivity index (χ1n) is 9.51. The van der Waals surface area contributed by atoms with E-state index in [0.717, 1.165) is 18.5 Å². The van der Waals surface area contributed by atoms with Crippen LogP contribution in [-0.4, -0.2) is 37.1 Å². The lowest BCUT2D eigenvalue weighted by Crippen LogP contribution is -2.32. The molecule has 3 heterocycles. The second-order valence-electron chi connectivity index (χ2n) is 7.16. The summed E-state index contributed by atoms with van der Waals surface area (Å²) >= 11 is 0. The molecule has 7 nitrogen and oxygen atoms in total. The quantitative estimate of drug-likeness (QED) is 0.673. The van der Waals surface area contributed by atoms with Gasteiger partial charge in [0.25, 0.3) is 5.91 Å². The van der Waals surface area contributed by atoms with Crippen LogP contribution in [0.3, 0.4) is 0 Å². The van der Waals surface area contributed by atoms with Crippen molar-refractivity contribution in [1.82, 2.24) is 24.6 Å². The number of carbonyl (C=O) groups excluding carboxylic acids is 1. The zero-order valence-corrected chi connectivity index (χ0v) is 16.6. The summed E-state index contributed by atoms with van der Waals surface area (Å²) in [6.45, 7) is 4.32. The Kier molecular flexibility index (Phi) is 5.00. The Morgan fingerprint density at radius 3 is 2.76 bits per heavy atom. The molecule has 1 saturated heterocycles. The molecular weight excluding hydrogens is 373 g/mol. The highest BCUT2D eigenvalue weighted by Crippen LogP contribution is 2.33. The number of hydrogen-bond donors (Lipinski definition) is 0. The Hall–Kier alpha value is -3.29. The van der Waals surface area contributed by atoms with Crippen LogP contribution in [0, 0.1) is 19.7 Å². The third-order valence-electron chi connectivity index (χ3n) is 5.18. The lowest BCUT2D eigenvalue weighted by atomic mass is 10.1. The van der Waals surface area contributed by atoms with Crippen molar-refractivity contribution in [1.29, 1.82) is 0 Å². The van der Waals surface area contributed by atoms with Crippen LogP contribution >= 0.6 is 0 Å². The smallest absolute Gasteiger partial charge is 0.257 e. The van der Waals surface area contributed by atoms with Crippen molar-refractivity contribution in [2.24, 2.45) is 7.05 Å². The summed E-state index contributed by atoms with van der Waals surface area (Å²) in [6, 6.07) is 7.57. The monoisotopic (exact) mass is 395 g/mol. The summed E-state index contributed by atoms with van der Waals surface area (Å²) in [6.07, 6.45) is 3.21. The molecule has 4 rings (SSSR count). The zero-order chi connectivity index (χ0) is 20.5. The van der Waals surface area contributed by atoms with E-state index < -0.39 is 5.82 Å².